The molecule has 164 valence electrons. The van der Waals surface area contributed by atoms with Crippen LogP contribution in [0.3, 0.4) is 0 Å². The van der Waals surface area contributed by atoms with E-state index in [1.54, 1.807) is 18.2 Å². The summed E-state index contributed by atoms with van der Waals surface area (Å²) in [5.74, 6) is -1.93. The number of halogens is 2. The highest BCUT2D eigenvalue weighted by molar-refractivity contribution is 6.35. The van der Waals surface area contributed by atoms with Crippen LogP contribution in [0, 0.1) is 5.92 Å². The lowest BCUT2D eigenvalue weighted by Gasteiger charge is -2.18. The molecule has 6 nitrogen and oxygen atoms in total. The van der Waals surface area contributed by atoms with Crippen molar-refractivity contribution in [3.05, 3.63) is 57.6 Å². The zero-order chi connectivity index (χ0) is 22.5. The van der Waals surface area contributed by atoms with Crippen molar-refractivity contribution in [2.45, 2.75) is 33.1 Å². The Labute approximate surface area is 191 Å². The number of rotatable bonds is 7. The van der Waals surface area contributed by atoms with Gasteiger partial charge in [0.25, 0.3) is 5.91 Å². The highest BCUT2D eigenvalue weighted by Crippen LogP contribution is 2.33. The van der Waals surface area contributed by atoms with E-state index in [0.29, 0.717) is 15.7 Å². The zero-order valence-electron chi connectivity index (χ0n) is 17.4. The molecule has 31 heavy (non-hydrogen) atoms. The molecule has 0 spiro atoms. The molecule has 3 rings (SSSR count). The molecule has 1 atom stereocenters. The van der Waals surface area contributed by atoms with Gasteiger partial charge in [-0.3, -0.25) is 14.4 Å². The molecule has 1 aliphatic heterocycles. The Bertz CT molecular complexity index is 987. The maximum absolute atomic E-state index is 12.5. The zero-order valence-corrected chi connectivity index (χ0v) is 18.9. The molecule has 2 aromatic rings. The minimum Gasteiger partial charge on any atom is -0.455 e. The second-order valence-electron chi connectivity index (χ2n) is 7.32. The van der Waals surface area contributed by atoms with Gasteiger partial charge in [0.05, 0.1) is 16.6 Å². The van der Waals surface area contributed by atoms with E-state index in [1.165, 1.54) is 4.90 Å². The SMILES string of the molecule is CCc1cccc(CC)c1NC(=O)COC(=O)[C@H]1CC(=O)N(c2cc(Cl)ccc2Cl)C1. The van der Waals surface area contributed by atoms with E-state index in [2.05, 4.69) is 5.32 Å². The Morgan fingerprint density at radius 3 is 2.45 bits per heavy atom. The number of carbonyl (C=O) groups excluding carboxylic acids is 3. The van der Waals surface area contributed by atoms with Gasteiger partial charge in [-0.15, -0.1) is 0 Å². The second-order valence-corrected chi connectivity index (χ2v) is 8.16. The van der Waals surface area contributed by atoms with Gasteiger partial charge in [0.1, 0.15) is 0 Å². The highest BCUT2D eigenvalue weighted by atomic mass is 35.5. The molecular formula is C23H24Cl2N2O4. The molecule has 2 amide bonds. The third kappa shape index (κ3) is 5.38. The van der Waals surface area contributed by atoms with E-state index in [0.717, 1.165) is 29.7 Å². The maximum atomic E-state index is 12.5. The molecule has 0 radical (unpaired) electrons. The van der Waals surface area contributed by atoms with Crippen molar-refractivity contribution in [3.8, 4) is 0 Å². The summed E-state index contributed by atoms with van der Waals surface area (Å²) in [7, 11) is 0. The number of benzene rings is 2. The molecule has 1 heterocycles. The number of nitrogens with one attached hydrogen (secondary N) is 1. The Morgan fingerprint density at radius 1 is 1.13 bits per heavy atom. The molecule has 0 aromatic heterocycles. The predicted octanol–water partition coefficient (Wildman–Crippen LogP) is 4.65. The molecule has 0 saturated carbocycles. The maximum Gasteiger partial charge on any atom is 0.311 e. The smallest absolute Gasteiger partial charge is 0.311 e. The number of carbonyl (C=O) groups is 3. The Balaban J connectivity index is 1.60. The van der Waals surface area contributed by atoms with Crippen LogP contribution in [-0.4, -0.2) is 30.9 Å². The first kappa shape index (κ1) is 23.1. The molecule has 1 fully saturated rings. The van der Waals surface area contributed by atoms with Crippen LogP contribution in [0.4, 0.5) is 11.4 Å². The number of esters is 1. The summed E-state index contributed by atoms with van der Waals surface area (Å²) in [6.45, 7) is 3.74. The van der Waals surface area contributed by atoms with E-state index >= 15 is 0 Å². The first-order valence-electron chi connectivity index (χ1n) is 10.2. The molecular weight excluding hydrogens is 439 g/mol. The average molecular weight is 463 g/mol. The topological polar surface area (TPSA) is 75.7 Å². The fourth-order valence-corrected chi connectivity index (χ4v) is 4.01. The standard InChI is InChI=1S/C23H24Cl2N2O4/c1-3-14-6-5-7-15(4-2)22(14)26-20(28)13-31-23(30)16-10-21(29)27(12-16)19-11-17(24)8-9-18(19)25/h5-9,11,16H,3-4,10,12-13H2,1-2H3,(H,26,28)/t16-/m0/s1. The monoisotopic (exact) mass is 462 g/mol. The van der Waals surface area contributed by atoms with Crippen molar-refractivity contribution in [2.24, 2.45) is 5.92 Å². The molecule has 0 unspecified atom stereocenters. The average Bonchev–Trinajstić information content (AvgIpc) is 3.15. The number of hydrogen-bond donors (Lipinski definition) is 1. The Morgan fingerprint density at radius 2 is 1.81 bits per heavy atom. The molecule has 1 saturated heterocycles. The van der Waals surface area contributed by atoms with Gasteiger partial charge in [0, 0.05) is 23.7 Å². The summed E-state index contributed by atoms with van der Waals surface area (Å²) in [6.07, 6.45) is 1.53. The summed E-state index contributed by atoms with van der Waals surface area (Å²) < 4.78 is 5.20. The van der Waals surface area contributed by atoms with Crippen LogP contribution in [0.2, 0.25) is 10.0 Å². The Kier molecular flexibility index (Phi) is 7.57. The van der Waals surface area contributed by atoms with Crippen LogP contribution < -0.4 is 10.2 Å². The summed E-state index contributed by atoms with van der Waals surface area (Å²) >= 11 is 12.2. The fourth-order valence-electron chi connectivity index (χ4n) is 3.62. The van der Waals surface area contributed by atoms with Crippen molar-refractivity contribution in [3.63, 3.8) is 0 Å². The number of para-hydroxylation sites is 1. The van der Waals surface area contributed by atoms with E-state index < -0.39 is 24.4 Å². The van der Waals surface area contributed by atoms with Gasteiger partial charge in [0.15, 0.2) is 6.61 Å². The number of anilines is 2. The van der Waals surface area contributed by atoms with Gasteiger partial charge in [-0.25, -0.2) is 0 Å². The van der Waals surface area contributed by atoms with Crippen LogP contribution in [0.1, 0.15) is 31.4 Å². The van der Waals surface area contributed by atoms with Gasteiger partial charge in [-0.1, -0.05) is 55.2 Å². The van der Waals surface area contributed by atoms with Gasteiger partial charge < -0.3 is 15.0 Å². The van der Waals surface area contributed by atoms with Gasteiger partial charge in [0.2, 0.25) is 5.91 Å². The minimum atomic E-state index is -0.676. The van der Waals surface area contributed by atoms with E-state index in [-0.39, 0.29) is 18.9 Å². The van der Waals surface area contributed by atoms with Gasteiger partial charge >= 0.3 is 5.97 Å². The van der Waals surface area contributed by atoms with Crippen molar-refractivity contribution < 1.29 is 19.1 Å². The van der Waals surface area contributed by atoms with Crippen molar-refractivity contribution >= 4 is 52.4 Å². The molecule has 2 aromatic carbocycles. The third-order valence-corrected chi connectivity index (χ3v) is 5.82. The van der Waals surface area contributed by atoms with E-state index in [4.69, 9.17) is 27.9 Å². The summed E-state index contributed by atoms with van der Waals surface area (Å²) in [5, 5.41) is 3.67. The minimum absolute atomic E-state index is 0.0120. The molecule has 8 heteroatoms. The first-order valence-corrected chi connectivity index (χ1v) is 10.9. The lowest BCUT2D eigenvalue weighted by Crippen LogP contribution is -2.28. The van der Waals surface area contributed by atoms with E-state index in [1.807, 2.05) is 32.0 Å². The number of aryl methyl sites for hydroxylation is 2. The molecule has 0 aliphatic carbocycles. The van der Waals surface area contributed by atoms with Gasteiger partial charge in [-0.05, 0) is 42.2 Å². The molecule has 0 bridgehead atoms. The van der Waals surface area contributed by atoms with Crippen LogP contribution in [0.15, 0.2) is 36.4 Å². The quantitative estimate of drug-likeness (QED) is 0.607. The molecule has 1 aliphatic rings. The van der Waals surface area contributed by atoms with Crippen LogP contribution in [0.5, 0.6) is 0 Å². The van der Waals surface area contributed by atoms with Crippen molar-refractivity contribution in [2.75, 3.05) is 23.4 Å². The number of amides is 2. The fraction of sp³-hybridized carbons (Fsp3) is 0.348. The first-order chi connectivity index (χ1) is 14.8. The van der Waals surface area contributed by atoms with E-state index in [9.17, 15) is 14.4 Å². The lowest BCUT2D eigenvalue weighted by molar-refractivity contribution is -0.151. The summed E-state index contributed by atoms with van der Waals surface area (Å²) in [4.78, 5) is 38.7. The molecule has 1 N–H and O–H groups in total. The highest BCUT2D eigenvalue weighted by Gasteiger charge is 2.37. The largest absolute Gasteiger partial charge is 0.455 e. The predicted molar refractivity (Wildman–Crippen MR) is 122 cm³/mol. The van der Waals surface area contributed by atoms with Crippen molar-refractivity contribution in [1.82, 2.24) is 0 Å². The van der Waals surface area contributed by atoms with Crippen molar-refractivity contribution in [1.29, 1.82) is 0 Å². The second kappa shape index (κ2) is 10.2. The van der Waals surface area contributed by atoms with Crippen LogP contribution in [-0.2, 0) is 32.0 Å². The van der Waals surface area contributed by atoms with Crippen LogP contribution >= 0.6 is 23.2 Å². The summed E-state index contributed by atoms with van der Waals surface area (Å²) in [5.41, 5.74) is 3.27. The number of hydrogen-bond acceptors (Lipinski definition) is 4. The van der Waals surface area contributed by atoms with Gasteiger partial charge in [-0.2, -0.15) is 0 Å². The Hall–Kier alpha value is -2.57. The summed E-state index contributed by atoms with van der Waals surface area (Å²) in [6, 6.07) is 10.7. The number of nitrogens with zero attached hydrogens (tertiary/aromatic N) is 1. The lowest BCUT2D eigenvalue weighted by atomic mass is 10.0. The third-order valence-electron chi connectivity index (χ3n) is 5.27. The normalized spacial score (nSPS) is 15.8. The van der Waals surface area contributed by atoms with Crippen LogP contribution in [0.25, 0.3) is 0 Å². The number of ether oxygens (including phenoxy) is 1.